The second-order valence-corrected chi connectivity index (χ2v) is 9.13. The van der Waals surface area contributed by atoms with Crippen molar-refractivity contribution in [2.24, 2.45) is 11.7 Å². The molecule has 0 unspecified atom stereocenters. The third-order valence-corrected chi connectivity index (χ3v) is 6.26. The van der Waals surface area contributed by atoms with Crippen LogP contribution < -0.4 is 21.3 Å². The van der Waals surface area contributed by atoms with Gasteiger partial charge in [0.15, 0.2) is 0 Å². The van der Waals surface area contributed by atoms with E-state index in [4.69, 9.17) is 22.1 Å². The molecule has 0 bridgehead atoms. The number of nitrogens with zero attached hydrogens (tertiary/aromatic N) is 1. The van der Waals surface area contributed by atoms with Crippen LogP contribution in [-0.4, -0.2) is 23.0 Å². The van der Waals surface area contributed by atoms with E-state index < -0.39 is 23.7 Å². The molecular formula is C26H25ClFN3O4. The van der Waals surface area contributed by atoms with Crippen molar-refractivity contribution in [1.29, 1.82) is 0 Å². The molecule has 3 aromatic rings. The summed E-state index contributed by atoms with van der Waals surface area (Å²) in [4.78, 5) is 37.5. The molecule has 1 aliphatic rings. The molecule has 1 aliphatic heterocycles. The standard InChI is InChI=1S/C26H25ClFN3O4/c1-3-22(26(34)30-17-6-7-18(25(29)33)21(28)10-17)31-12-23-20(11-24(31)32)19-9-16(27)5-4-15(19)8-14(2)13-35-23/h4-7,9-12,14,22H,3,8,13H2,1-2H3,(H2,29,33)(H,30,34)/t14-,22+/m1/s1. The summed E-state index contributed by atoms with van der Waals surface area (Å²) >= 11 is 6.24. The Morgan fingerprint density at radius 1 is 1.23 bits per heavy atom. The Morgan fingerprint density at radius 2 is 2.00 bits per heavy atom. The lowest BCUT2D eigenvalue weighted by atomic mass is 9.92. The number of nitrogens with two attached hydrogens (primary N) is 1. The van der Waals surface area contributed by atoms with Crippen LogP contribution >= 0.6 is 11.6 Å². The molecule has 2 atom stereocenters. The van der Waals surface area contributed by atoms with Crippen molar-refractivity contribution in [3.8, 4) is 16.9 Å². The van der Waals surface area contributed by atoms with E-state index in [2.05, 4.69) is 12.2 Å². The molecule has 4 rings (SSSR count). The molecule has 2 heterocycles. The predicted molar refractivity (Wildman–Crippen MR) is 132 cm³/mol. The summed E-state index contributed by atoms with van der Waals surface area (Å²) in [5.41, 5.74) is 7.12. The lowest BCUT2D eigenvalue weighted by molar-refractivity contribution is -0.119. The summed E-state index contributed by atoms with van der Waals surface area (Å²) in [7, 11) is 0. The number of ether oxygens (including phenoxy) is 1. The number of benzene rings is 2. The number of aromatic nitrogens is 1. The van der Waals surface area contributed by atoms with E-state index in [1.807, 2.05) is 18.2 Å². The number of carbonyl (C=O) groups excluding carboxylic acids is 2. The molecule has 0 radical (unpaired) electrons. The van der Waals surface area contributed by atoms with Gasteiger partial charge in [-0.3, -0.25) is 19.0 Å². The van der Waals surface area contributed by atoms with E-state index in [1.165, 1.54) is 22.8 Å². The number of primary amides is 1. The number of rotatable bonds is 5. The van der Waals surface area contributed by atoms with Gasteiger partial charge in [0.05, 0.1) is 18.4 Å². The largest absolute Gasteiger partial charge is 0.491 e. The molecule has 0 fully saturated rings. The molecular weight excluding hydrogens is 473 g/mol. The van der Waals surface area contributed by atoms with Gasteiger partial charge in [-0.05, 0) is 60.2 Å². The molecule has 0 aliphatic carbocycles. The molecule has 2 amide bonds. The Balaban J connectivity index is 1.71. The van der Waals surface area contributed by atoms with Crippen LogP contribution in [0.3, 0.4) is 0 Å². The van der Waals surface area contributed by atoms with Crippen molar-refractivity contribution in [2.45, 2.75) is 32.7 Å². The van der Waals surface area contributed by atoms with Gasteiger partial charge in [-0.25, -0.2) is 4.39 Å². The minimum atomic E-state index is -0.906. The van der Waals surface area contributed by atoms with E-state index >= 15 is 0 Å². The van der Waals surface area contributed by atoms with Crippen LogP contribution in [0.5, 0.6) is 5.75 Å². The topological polar surface area (TPSA) is 103 Å². The molecule has 0 spiro atoms. The van der Waals surface area contributed by atoms with Gasteiger partial charge in [-0.2, -0.15) is 0 Å². The number of carbonyl (C=O) groups is 2. The van der Waals surface area contributed by atoms with Gasteiger partial charge in [0.2, 0.25) is 5.91 Å². The molecule has 0 saturated heterocycles. The normalized spacial score (nSPS) is 15.6. The fourth-order valence-corrected chi connectivity index (χ4v) is 4.44. The Hall–Kier alpha value is -3.65. The summed E-state index contributed by atoms with van der Waals surface area (Å²) in [6.07, 6.45) is 2.62. The number of hydrogen-bond donors (Lipinski definition) is 2. The number of amides is 2. The van der Waals surface area contributed by atoms with E-state index in [1.54, 1.807) is 13.1 Å². The van der Waals surface area contributed by atoms with Gasteiger partial charge in [-0.1, -0.05) is 31.5 Å². The van der Waals surface area contributed by atoms with Crippen LogP contribution in [0.15, 0.2) is 53.5 Å². The van der Waals surface area contributed by atoms with Crippen molar-refractivity contribution in [3.63, 3.8) is 0 Å². The molecule has 3 N–H and O–H groups in total. The van der Waals surface area contributed by atoms with Crippen LogP contribution in [0, 0.1) is 11.7 Å². The highest BCUT2D eigenvalue weighted by molar-refractivity contribution is 6.30. The predicted octanol–water partition coefficient (Wildman–Crippen LogP) is 4.57. The van der Waals surface area contributed by atoms with Gasteiger partial charge in [0.1, 0.15) is 17.6 Å². The first-order valence-corrected chi connectivity index (χ1v) is 11.6. The van der Waals surface area contributed by atoms with Crippen molar-refractivity contribution in [3.05, 3.63) is 81.0 Å². The van der Waals surface area contributed by atoms with Gasteiger partial charge in [-0.15, -0.1) is 0 Å². The first-order chi connectivity index (χ1) is 16.7. The van der Waals surface area contributed by atoms with Crippen LogP contribution in [-0.2, 0) is 11.2 Å². The maximum atomic E-state index is 14.1. The van der Waals surface area contributed by atoms with Gasteiger partial charge in [0.25, 0.3) is 11.5 Å². The first kappa shape index (κ1) is 24.5. The Kier molecular flexibility index (Phi) is 6.93. The molecule has 0 saturated carbocycles. The maximum Gasteiger partial charge on any atom is 0.252 e. The van der Waals surface area contributed by atoms with Crippen molar-refractivity contribution >= 4 is 29.1 Å². The highest BCUT2D eigenvalue weighted by atomic mass is 35.5. The van der Waals surface area contributed by atoms with E-state index in [9.17, 15) is 18.8 Å². The van der Waals surface area contributed by atoms with Crippen molar-refractivity contribution in [2.75, 3.05) is 11.9 Å². The Bertz CT molecular complexity index is 1370. The van der Waals surface area contributed by atoms with Crippen molar-refractivity contribution in [1.82, 2.24) is 4.57 Å². The highest BCUT2D eigenvalue weighted by Gasteiger charge is 2.25. The third kappa shape index (κ3) is 5.07. The second-order valence-electron chi connectivity index (χ2n) is 8.69. The summed E-state index contributed by atoms with van der Waals surface area (Å²) in [5, 5.41) is 3.16. The van der Waals surface area contributed by atoms with Crippen LogP contribution in [0.4, 0.5) is 10.1 Å². The quantitative estimate of drug-likeness (QED) is 0.539. The monoisotopic (exact) mass is 497 g/mol. The number of fused-ring (bicyclic) bond motifs is 3. The molecule has 9 heteroatoms. The SMILES string of the molecule is CC[C@@H](C(=O)Nc1ccc(C(N)=O)c(F)c1)n1cc2c(cc1=O)-c1cc(Cl)ccc1C[C@@H](C)CO2. The lowest BCUT2D eigenvalue weighted by Crippen LogP contribution is -2.33. The van der Waals surface area contributed by atoms with Gasteiger partial charge < -0.3 is 15.8 Å². The zero-order valence-electron chi connectivity index (χ0n) is 19.3. The zero-order valence-corrected chi connectivity index (χ0v) is 20.1. The smallest absolute Gasteiger partial charge is 0.252 e. The third-order valence-electron chi connectivity index (χ3n) is 6.03. The van der Waals surface area contributed by atoms with Gasteiger partial charge in [0, 0.05) is 22.3 Å². The minimum absolute atomic E-state index is 0.142. The fraction of sp³-hybridized carbons (Fsp3) is 0.269. The summed E-state index contributed by atoms with van der Waals surface area (Å²) in [5.74, 6) is -1.56. The number of halogens is 2. The second kappa shape index (κ2) is 9.92. The fourth-order valence-electron chi connectivity index (χ4n) is 4.27. The molecule has 35 heavy (non-hydrogen) atoms. The molecule has 7 nitrogen and oxygen atoms in total. The van der Waals surface area contributed by atoms with Crippen LogP contribution in [0.1, 0.15) is 42.2 Å². The lowest BCUT2D eigenvalue weighted by Gasteiger charge is -2.25. The van der Waals surface area contributed by atoms with E-state index in [-0.39, 0.29) is 22.7 Å². The maximum absolute atomic E-state index is 14.1. The molecule has 182 valence electrons. The minimum Gasteiger partial charge on any atom is -0.491 e. The van der Waals surface area contributed by atoms with E-state index in [0.29, 0.717) is 29.4 Å². The first-order valence-electron chi connectivity index (χ1n) is 11.3. The van der Waals surface area contributed by atoms with Crippen LogP contribution in [0.25, 0.3) is 11.1 Å². The van der Waals surface area contributed by atoms with Crippen LogP contribution in [0.2, 0.25) is 5.02 Å². The average molecular weight is 498 g/mol. The number of pyridine rings is 1. The number of hydrogen-bond acceptors (Lipinski definition) is 4. The van der Waals surface area contributed by atoms with E-state index in [0.717, 1.165) is 23.6 Å². The van der Waals surface area contributed by atoms with Gasteiger partial charge >= 0.3 is 0 Å². The number of nitrogens with one attached hydrogen (secondary N) is 1. The summed E-state index contributed by atoms with van der Waals surface area (Å²) in [6, 6.07) is 9.77. The zero-order chi connectivity index (χ0) is 25.3. The Morgan fingerprint density at radius 3 is 2.69 bits per heavy atom. The number of anilines is 1. The van der Waals surface area contributed by atoms with Crippen molar-refractivity contribution < 1.29 is 18.7 Å². The average Bonchev–Trinajstić information content (AvgIpc) is 2.79. The highest BCUT2D eigenvalue weighted by Crippen LogP contribution is 2.37. The Labute approximate surface area is 206 Å². The molecule has 2 aromatic carbocycles. The summed E-state index contributed by atoms with van der Waals surface area (Å²) < 4.78 is 21.5. The molecule has 1 aromatic heterocycles. The summed E-state index contributed by atoms with van der Waals surface area (Å²) in [6.45, 7) is 4.29.